The highest BCUT2D eigenvalue weighted by Gasteiger charge is 2.46. The van der Waals surface area contributed by atoms with Gasteiger partial charge in [-0.1, -0.05) is 86.6 Å². The molecule has 0 unspecified atom stereocenters. The van der Waals surface area contributed by atoms with E-state index in [-0.39, 0.29) is 55.4 Å². The van der Waals surface area contributed by atoms with Gasteiger partial charge in [-0.3, -0.25) is 24.5 Å². The number of anilines is 1. The molecular formula is C43H43N5O9. The van der Waals surface area contributed by atoms with Gasteiger partial charge in [0.05, 0.1) is 45.9 Å². The van der Waals surface area contributed by atoms with E-state index >= 15 is 0 Å². The number of ether oxygens (including phenoxy) is 6. The van der Waals surface area contributed by atoms with Gasteiger partial charge in [-0.05, 0) is 53.1 Å². The van der Waals surface area contributed by atoms with Crippen LogP contribution >= 0.6 is 0 Å². The van der Waals surface area contributed by atoms with Gasteiger partial charge in [0.2, 0.25) is 11.9 Å². The maximum Gasteiger partial charge on any atom is 0.338 e. The van der Waals surface area contributed by atoms with E-state index in [4.69, 9.17) is 28.4 Å². The largest absolute Gasteiger partial charge is 0.497 e. The van der Waals surface area contributed by atoms with E-state index in [9.17, 15) is 14.4 Å². The standard InChI is InChI=1S/C43H43N5O9/c1-28(2)38(49)46-41-45-37-36(39(50)47-41)44-27-48(37)35-23-54-24-42(57-35,25-55-40(51)29-11-7-5-8-12-29)26-56-43(30-13-9-6-10-14-30,31-15-19-33(52-3)20-16-31)32-17-21-34(53-4)22-18-32/h5-22,27-28,35H,23-26H2,1-4H3,(H2,45,46,47,49,50)/t35-,42+/m1/s1. The number of H-pyrrole nitrogens is 1. The third-order valence-electron chi connectivity index (χ3n) is 9.72. The van der Waals surface area contributed by atoms with Crippen LogP contribution in [0.4, 0.5) is 5.95 Å². The highest BCUT2D eigenvalue weighted by molar-refractivity contribution is 5.91. The lowest BCUT2D eigenvalue weighted by atomic mass is 9.79. The van der Waals surface area contributed by atoms with Crippen LogP contribution in [-0.4, -0.2) is 77.6 Å². The van der Waals surface area contributed by atoms with Crippen molar-refractivity contribution < 1.29 is 38.0 Å². The first-order valence-corrected chi connectivity index (χ1v) is 18.4. The van der Waals surface area contributed by atoms with Gasteiger partial charge in [0.25, 0.3) is 5.56 Å². The maximum absolute atomic E-state index is 13.4. The first-order chi connectivity index (χ1) is 27.6. The summed E-state index contributed by atoms with van der Waals surface area (Å²) in [5.74, 6) is 0.0452. The summed E-state index contributed by atoms with van der Waals surface area (Å²) in [5.41, 5.74) is -0.292. The molecule has 57 heavy (non-hydrogen) atoms. The van der Waals surface area contributed by atoms with E-state index in [0.29, 0.717) is 17.1 Å². The average molecular weight is 774 g/mol. The van der Waals surface area contributed by atoms with Crippen LogP contribution < -0.4 is 20.3 Å². The van der Waals surface area contributed by atoms with Crippen LogP contribution in [0.5, 0.6) is 11.5 Å². The number of hydrogen-bond donors (Lipinski definition) is 2. The Morgan fingerprint density at radius 2 is 1.47 bits per heavy atom. The summed E-state index contributed by atoms with van der Waals surface area (Å²) < 4.78 is 39.0. The maximum atomic E-state index is 13.4. The molecule has 3 heterocycles. The number of hydrogen-bond acceptors (Lipinski definition) is 11. The molecule has 1 aliphatic heterocycles. The van der Waals surface area contributed by atoms with Crippen molar-refractivity contribution in [3.63, 3.8) is 0 Å². The summed E-state index contributed by atoms with van der Waals surface area (Å²) in [7, 11) is 3.21. The molecule has 7 rings (SSSR count). The summed E-state index contributed by atoms with van der Waals surface area (Å²) in [4.78, 5) is 50.5. The third-order valence-corrected chi connectivity index (χ3v) is 9.72. The van der Waals surface area contributed by atoms with Crippen molar-refractivity contribution in [2.75, 3.05) is 46.0 Å². The quantitative estimate of drug-likeness (QED) is 0.100. The number of benzene rings is 4. The van der Waals surface area contributed by atoms with Crippen LogP contribution in [0.3, 0.4) is 0 Å². The van der Waals surface area contributed by atoms with Crippen molar-refractivity contribution in [1.82, 2.24) is 19.5 Å². The number of carbonyl (C=O) groups is 2. The number of aromatic nitrogens is 4. The first kappa shape index (κ1) is 38.9. The number of esters is 1. The summed E-state index contributed by atoms with van der Waals surface area (Å²) in [6.07, 6.45) is 0.504. The molecule has 1 amide bonds. The lowest BCUT2D eigenvalue weighted by Crippen LogP contribution is -2.54. The summed E-state index contributed by atoms with van der Waals surface area (Å²) in [6, 6.07) is 33.6. The molecule has 1 fully saturated rings. The predicted octanol–water partition coefficient (Wildman–Crippen LogP) is 5.88. The normalized spacial score (nSPS) is 17.0. The van der Waals surface area contributed by atoms with Crippen LogP contribution in [0.1, 0.15) is 47.1 Å². The van der Waals surface area contributed by atoms with Crippen LogP contribution in [-0.2, 0) is 29.3 Å². The molecule has 14 heteroatoms. The highest BCUT2D eigenvalue weighted by Crippen LogP contribution is 2.43. The minimum absolute atomic E-state index is 0.0298. The number of aromatic amines is 1. The monoisotopic (exact) mass is 773 g/mol. The van der Waals surface area contributed by atoms with E-state index in [1.165, 1.54) is 6.33 Å². The van der Waals surface area contributed by atoms with Gasteiger partial charge in [0.1, 0.15) is 23.7 Å². The van der Waals surface area contributed by atoms with Gasteiger partial charge < -0.3 is 28.4 Å². The van der Waals surface area contributed by atoms with Crippen LogP contribution in [0.15, 0.2) is 120 Å². The second-order valence-corrected chi connectivity index (χ2v) is 13.9. The summed E-state index contributed by atoms with van der Waals surface area (Å²) >= 11 is 0. The van der Waals surface area contributed by atoms with Crippen molar-refractivity contribution in [2.45, 2.75) is 31.3 Å². The average Bonchev–Trinajstić information content (AvgIpc) is 3.69. The zero-order chi connectivity index (χ0) is 40.0. The second-order valence-electron chi connectivity index (χ2n) is 13.9. The molecule has 2 aromatic heterocycles. The van der Waals surface area contributed by atoms with E-state index in [2.05, 4.69) is 20.3 Å². The Balaban J connectivity index is 1.31. The molecule has 6 aromatic rings. The molecule has 4 aromatic carbocycles. The van der Waals surface area contributed by atoms with Gasteiger partial charge in [-0.25, -0.2) is 9.78 Å². The number of fused-ring (bicyclic) bond motifs is 1. The molecule has 294 valence electrons. The number of amides is 1. The fourth-order valence-corrected chi connectivity index (χ4v) is 6.66. The predicted molar refractivity (Wildman–Crippen MR) is 210 cm³/mol. The van der Waals surface area contributed by atoms with Gasteiger partial charge in [-0.2, -0.15) is 4.98 Å². The third kappa shape index (κ3) is 8.14. The number of imidazole rings is 1. The highest BCUT2D eigenvalue weighted by atomic mass is 16.6. The van der Waals surface area contributed by atoms with E-state index in [1.807, 2.05) is 84.9 Å². The Bertz CT molecular complexity index is 2320. The lowest BCUT2D eigenvalue weighted by molar-refractivity contribution is -0.259. The molecular weight excluding hydrogens is 730 g/mol. The fourth-order valence-electron chi connectivity index (χ4n) is 6.66. The van der Waals surface area contributed by atoms with E-state index < -0.39 is 29.0 Å². The molecule has 14 nitrogen and oxygen atoms in total. The molecule has 0 radical (unpaired) electrons. The van der Waals surface area contributed by atoms with Gasteiger partial charge in [0, 0.05) is 5.92 Å². The van der Waals surface area contributed by atoms with Gasteiger partial charge in [-0.15, -0.1) is 0 Å². The molecule has 1 aliphatic rings. The zero-order valence-corrected chi connectivity index (χ0v) is 32.0. The van der Waals surface area contributed by atoms with Crippen LogP contribution in [0.2, 0.25) is 0 Å². The van der Waals surface area contributed by atoms with E-state index in [1.54, 1.807) is 56.9 Å². The summed E-state index contributed by atoms with van der Waals surface area (Å²) in [5, 5.41) is 2.64. The molecule has 2 atom stereocenters. The Morgan fingerprint density at radius 3 is 2.07 bits per heavy atom. The number of rotatable bonds is 14. The van der Waals surface area contributed by atoms with Gasteiger partial charge >= 0.3 is 5.97 Å². The Kier molecular flexibility index (Phi) is 11.5. The second kappa shape index (κ2) is 16.8. The molecule has 1 saturated heterocycles. The fraction of sp³-hybridized carbons (Fsp3) is 0.279. The van der Waals surface area contributed by atoms with Gasteiger partial charge in [0.15, 0.2) is 23.0 Å². The molecule has 0 aliphatic carbocycles. The molecule has 0 bridgehead atoms. The number of nitrogens with zero attached hydrogens (tertiary/aromatic N) is 3. The number of carbonyl (C=O) groups excluding carboxylic acids is 2. The minimum Gasteiger partial charge on any atom is -0.497 e. The van der Waals surface area contributed by atoms with Crippen molar-refractivity contribution in [3.05, 3.63) is 148 Å². The summed E-state index contributed by atoms with van der Waals surface area (Å²) in [6.45, 7) is 3.02. The Hall–Kier alpha value is -6.35. The first-order valence-electron chi connectivity index (χ1n) is 18.4. The molecule has 0 saturated carbocycles. The van der Waals surface area contributed by atoms with Crippen molar-refractivity contribution in [1.29, 1.82) is 0 Å². The topological polar surface area (TPSA) is 165 Å². The van der Waals surface area contributed by atoms with E-state index in [0.717, 1.165) is 16.7 Å². The Labute approximate surface area is 328 Å². The molecule has 0 spiro atoms. The van der Waals surface area contributed by atoms with Crippen LogP contribution in [0.25, 0.3) is 11.2 Å². The number of methoxy groups -OCH3 is 2. The van der Waals surface area contributed by atoms with Crippen molar-refractivity contribution in [3.8, 4) is 11.5 Å². The van der Waals surface area contributed by atoms with Crippen LogP contribution in [0, 0.1) is 5.92 Å². The minimum atomic E-state index is -1.42. The zero-order valence-electron chi connectivity index (χ0n) is 32.0. The molecule has 2 N–H and O–H groups in total. The SMILES string of the molecule is COc1ccc(C(OC[C@@]2(COC(=O)c3ccccc3)COC[C@H](n3cnc4c(=O)[nH]c(NC(=O)C(C)C)nc43)O2)(c2ccccc2)c2ccc(OC)cc2)cc1. The van der Waals surface area contributed by atoms with Crippen molar-refractivity contribution >= 4 is 29.0 Å². The Morgan fingerprint density at radius 1 is 0.877 bits per heavy atom. The van der Waals surface area contributed by atoms with Crippen molar-refractivity contribution in [2.24, 2.45) is 5.92 Å². The smallest absolute Gasteiger partial charge is 0.338 e. The number of nitrogens with one attached hydrogen (secondary N) is 2. The lowest BCUT2D eigenvalue weighted by Gasteiger charge is -2.44.